The maximum absolute atomic E-state index is 13.5. The number of nitrogens with two attached hydrogens (primary N) is 1. The average molecular weight is 346 g/mol. The van der Waals surface area contributed by atoms with E-state index in [1.54, 1.807) is 24.4 Å². The molecule has 1 aromatic heterocycles. The molecule has 0 bridgehead atoms. The summed E-state index contributed by atoms with van der Waals surface area (Å²) < 4.78 is 26.6. The minimum Gasteiger partial charge on any atom is -0.300 e. The molecule has 126 valence electrons. The number of aliphatic imine (C=N–C) groups is 1. The second kappa shape index (κ2) is 5.83. The van der Waals surface area contributed by atoms with Gasteiger partial charge in [-0.3, -0.25) is 9.98 Å². The van der Waals surface area contributed by atoms with Gasteiger partial charge in [0.25, 0.3) is 0 Å². The molecule has 26 heavy (non-hydrogen) atoms. The molecule has 4 rings (SSSR count). The van der Waals surface area contributed by atoms with Gasteiger partial charge in [-0.1, -0.05) is 12.1 Å². The molecule has 4 nitrogen and oxygen atoms in total. The number of nitrogens with zero attached hydrogens (tertiary/aromatic N) is 3. The Kier molecular flexibility index (Phi) is 3.60. The Bertz CT molecular complexity index is 1140. The largest absolute Gasteiger partial charge is 0.300 e. The van der Waals surface area contributed by atoms with E-state index in [1.807, 2.05) is 12.1 Å². The highest BCUT2D eigenvalue weighted by molar-refractivity contribution is 6.12. The van der Waals surface area contributed by atoms with Gasteiger partial charge in [0.1, 0.15) is 6.07 Å². The Morgan fingerprint density at radius 1 is 1.04 bits per heavy atom. The van der Waals surface area contributed by atoms with Crippen LogP contribution in [0.1, 0.15) is 16.7 Å². The third-order valence-corrected chi connectivity index (χ3v) is 4.32. The van der Waals surface area contributed by atoms with Crippen LogP contribution in [0.2, 0.25) is 0 Å². The monoisotopic (exact) mass is 346 g/mol. The quantitative estimate of drug-likeness (QED) is 0.769. The number of hydrogen-bond acceptors (Lipinski definition) is 4. The number of halogens is 2. The molecule has 1 aliphatic rings. The molecular formula is C20H12F2N4. The highest BCUT2D eigenvalue weighted by Gasteiger charge is 2.28. The zero-order valence-electron chi connectivity index (χ0n) is 13.4. The molecule has 1 aliphatic heterocycles. The fraction of sp³-hybridized carbons (Fsp3) is 0.0500. The standard InChI is InChI=1S/C20H12F2N4/c21-17-3-1-13(7-18(17)22)15-8-20(24,26-11-15)16-2-4-19-14(6-16)5-12(9-23)10-25-19/h1-8,10-11H,24H2. The van der Waals surface area contributed by atoms with Crippen LogP contribution in [0.4, 0.5) is 8.78 Å². The van der Waals surface area contributed by atoms with Gasteiger partial charge in [-0.05, 0) is 53.1 Å². The minimum atomic E-state index is -1.13. The number of aromatic nitrogens is 1. The van der Waals surface area contributed by atoms with Gasteiger partial charge < -0.3 is 5.73 Å². The number of rotatable bonds is 2. The molecule has 2 heterocycles. The molecule has 0 aliphatic carbocycles. The van der Waals surface area contributed by atoms with Gasteiger partial charge in [0.15, 0.2) is 17.3 Å². The highest BCUT2D eigenvalue weighted by Crippen LogP contribution is 2.32. The zero-order chi connectivity index (χ0) is 18.3. The van der Waals surface area contributed by atoms with E-state index >= 15 is 0 Å². The molecule has 2 N–H and O–H groups in total. The number of pyridine rings is 1. The Balaban J connectivity index is 1.76. The number of fused-ring (bicyclic) bond motifs is 1. The molecule has 0 radical (unpaired) electrons. The molecule has 0 fully saturated rings. The average Bonchev–Trinajstić information content (AvgIpc) is 3.06. The van der Waals surface area contributed by atoms with E-state index in [2.05, 4.69) is 16.0 Å². The molecule has 1 atom stereocenters. The summed E-state index contributed by atoms with van der Waals surface area (Å²) in [4.78, 5) is 8.58. The summed E-state index contributed by atoms with van der Waals surface area (Å²) in [6.07, 6.45) is 4.75. The lowest BCUT2D eigenvalue weighted by molar-refractivity contribution is 0.508. The van der Waals surface area contributed by atoms with E-state index in [9.17, 15) is 8.78 Å². The van der Waals surface area contributed by atoms with E-state index in [4.69, 9.17) is 11.0 Å². The highest BCUT2D eigenvalue weighted by atomic mass is 19.2. The summed E-state index contributed by atoms with van der Waals surface area (Å²) in [7, 11) is 0. The number of allylic oxidation sites excluding steroid dienone is 1. The molecular weight excluding hydrogens is 334 g/mol. The summed E-state index contributed by atoms with van der Waals surface area (Å²) in [6, 6.07) is 12.9. The van der Waals surface area contributed by atoms with E-state index in [0.717, 1.165) is 23.0 Å². The summed E-state index contributed by atoms with van der Waals surface area (Å²) in [5, 5.41) is 9.80. The van der Waals surface area contributed by atoms with Crippen molar-refractivity contribution in [2.24, 2.45) is 10.7 Å². The molecule has 3 aromatic rings. The molecule has 0 amide bonds. The number of benzene rings is 2. The first kappa shape index (κ1) is 16.1. The van der Waals surface area contributed by atoms with Crippen molar-refractivity contribution in [3.8, 4) is 6.07 Å². The molecule has 0 saturated carbocycles. The number of nitriles is 1. The second-order valence-corrected chi connectivity index (χ2v) is 6.06. The van der Waals surface area contributed by atoms with Crippen LogP contribution in [-0.4, -0.2) is 11.2 Å². The van der Waals surface area contributed by atoms with E-state index in [0.29, 0.717) is 22.3 Å². The Hall–Kier alpha value is -3.43. The van der Waals surface area contributed by atoms with Crippen LogP contribution in [0, 0.1) is 23.0 Å². The molecule has 0 saturated heterocycles. The van der Waals surface area contributed by atoms with E-state index in [-0.39, 0.29) is 0 Å². The lowest BCUT2D eigenvalue weighted by Gasteiger charge is -2.19. The van der Waals surface area contributed by atoms with Gasteiger partial charge in [0.05, 0.1) is 11.1 Å². The normalized spacial score (nSPS) is 18.8. The Morgan fingerprint density at radius 2 is 1.88 bits per heavy atom. The fourth-order valence-electron chi connectivity index (χ4n) is 2.92. The van der Waals surface area contributed by atoms with Crippen LogP contribution in [-0.2, 0) is 5.66 Å². The molecule has 6 heteroatoms. The van der Waals surface area contributed by atoms with Crippen LogP contribution in [0.3, 0.4) is 0 Å². The number of hydrogen-bond donors (Lipinski definition) is 1. The predicted molar refractivity (Wildman–Crippen MR) is 95.2 cm³/mol. The first-order valence-corrected chi connectivity index (χ1v) is 7.81. The first-order chi connectivity index (χ1) is 12.5. The van der Waals surface area contributed by atoms with Crippen LogP contribution in [0.5, 0.6) is 0 Å². The van der Waals surface area contributed by atoms with Crippen LogP contribution in [0.25, 0.3) is 16.5 Å². The lowest BCUT2D eigenvalue weighted by atomic mass is 9.96. The van der Waals surface area contributed by atoms with Gasteiger partial charge >= 0.3 is 0 Å². The van der Waals surface area contributed by atoms with Gasteiger partial charge in [0.2, 0.25) is 0 Å². The fourth-order valence-corrected chi connectivity index (χ4v) is 2.92. The molecule has 1 unspecified atom stereocenters. The smallest absolute Gasteiger partial charge is 0.159 e. The van der Waals surface area contributed by atoms with Crippen molar-refractivity contribution in [1.29, 1.82) is 5.26 Å². The third-order valence-electron chi connectivity index (χ3n) is 4.32. The van der Waals surface area contributed by atoms with Crippen molar-refractivity contribution < 1.29 is 8.78 Å². The Morgan fingerprint density at radius 3 is 2.65 bits per heavy atom. The topological polar surface area (TPSA) is 75.1 Å². The maximum Gasteiger partial charge on any atom is 0.159 e. The van der Waals surface area contributed by atoms with Crippen molar-refractivity contribution in [2.75, 3.05) is 0 Å². The Labute approximate surface area is 147 Å². The lowest BCUT2D eigenvalue weighted by Crippen LogP contribution is -2.30. The van der Waals surface area contributed by atoms with Crippen LogP contribution < -0.4 is 5.73 Å². The van der Waals surface area contributed by atoms with Crippen molar-refractivity contribution in [3.63, 3.8) is 0 Å². The van der Waals surface area contributed by atoms with Gasteiger partial charge in [-0.15, -0.1) is 0 Å². The van der Waals surface area contributed by atoms with Crippen molar-refractivity contribution >= 4 is 22.7 Å². The summed E-state index contributed by atoms with van der Waals surface area (Å²) >= 11 is 0. The van der Waals surface area contributed by atoms with Gasteiger partial charge in [-0.25, -0.2) is 8.78 Å². The van der Waals surface area contributed by atoms with Gasteiger partial charge in [0, 0.05) is 17.8 Å². The minimum absolute atomic E-state index is 0.452. The SMILES string of the molecule is N#Cc1cnc2ccc(C3(N)C=C(c4ccc(F)c(F)c4)C=N3)cc2c1. The molecule has 0 spiro atoms. The maximum atomic E-state index is 13.5. The molecule has 2 aromatic carbocycles. The summed E-state index contributed by atoms with van der Waals surface area (Å²) in [5.41, 5.74) is 8.28. The van der Waals surface area contributed by atoms with Crippen molar-refractivity contribution in [3.05, 3.63) is 83.1 Å². The third kappa shape index (κ3) is 2.65. The van der Waals surface area contributed by atoms with Crippen LogP contribution in [0.15, 0.2) is 59.7 Å². The van der Waals surface area contributed by atoms with Gasteiger partial charge in [-0.2, -0.15) is 5.26 Å². The summed E-state index contributed by atoms with van der Waals surface area (Å²) in [6.45, 7) is 0. The zero-order valence-corrected chi connectivity index (χ0v) is 13.4. The van der Waals surface area contributed by atoms with E-state index in [1.165, 1.54) is 12.3 Å². The van der Waals surface area contributed by atoms with Crippen molar-refractivity contribution in [1.82, 2.24) is 4.98 Å². The van der Waals surface area contributed by atoms with E-state index < -0.39 is 17.3 Å². The first-order valence-electron chi connectivity index (χ1n) is 7.81. The second-order valence-electron chi connectivity index (χ2n) is 6.06. The van der Waals surface area contributed by atoms with Crippen LogP contribution >= 0.6 is 0 Å². The summed E-state index contributed by atoms with van der Waals surface area (Å²) in [5.74, 6) is -1.83. The van der Waals surface area contributed by atoms with Crippen molar-refractivity contribution in [2.45, 2.75) is 5.66 Å². The predicted octanol–water partition coefficient (Wildman–Crippen LogP) is 3.66.